The average molecular weight is 292 g/mol. The van der Waals surface area contributed by atoms with E-state index in [1.807, 2.05) is 0 Å². The van der Waals surface area contributed by atoms with Crippen LogP contribution in [0.3, 0.4) is 0 Å². The first-order valence-corrected chi connectivity index (χ1v) is 7.10. The van der Waals surface area contributed by atoms with E-state index in [4.69, 9.17) is 0 Å². The van der Waals surface area contributed by atoms with Gasteiger partial charge in [0.05, 0.1) is 5.56 Å². The summed E-state index contributed by atoms with van der Waals surface area (Å²) in [6.45, 7) is 3.06. The molecule has 1 aliphatic rings. The lowest BCUT2D eigenvalue weighted by Gasteiger charge is -2.29. The van der Waals surface area contributed by atoms with Gasteiger partial charge in [-0.3, -0.25) is 9.59 Å². The van der Waals surface area contributed by atoms with Crippen molar-refractivity contribution in [2.24, 2.45) is 0 Å². The van der Waals surface area contributed by atoms with Crippen LogP contribution in [0.5, 0.6) is 11.5 Å². The molecule has 6 heteroatoms. The second kappa shape index (κ2) is 6.47. The van der Waals surface area contributed by atoms with Gasteiger partial charge in [-0.05, 0) is 44.4 Å². The van der Waals surface area contributed by atoms with Crippen LogP contribution < -0.4 is 5.32 Å². The molecule has 2 rings (SSSR count). The van der Waals surface area contributed by atoms with Gasteiger partial charge in [-0.2, -0.15) is 0 Å². The van der Waals surface area contributed by atoms with Crippen molar-refractivity contribution >= 4 is 11.8 Å². The number of carbonyl (C=O) groups excluding carboxylic acids is 2. The lowest BCUT2D eigenvalue weighted by atomic mass is 10.1. The van der Waals surface area contributed by atoms with Gasteiger partial charge in [-0.15, -0.1) is 0 Å². The quantitative estimate of drug-likeness (QED) is 0.731. The maximum atomic E-state index is 12.2. The third-order valence-electron chi connectivity index (χ3n) is 3.61. The summed E-state index contributed by atoms with van der Waals surface area (Å²) < 4.78 is 0. The molecule has 1 unspecified atom stereocenters. The van der Waals surface area contributed by atoms with Crippen molar-refractivity contribution in [1.29, 1.82) is 0 Å². The molecule has 0 aromatic heterocycles. The number of hydrogen-bond acceptors (Lipinski definition) is 4. The number of benzene rings is 1. The van der Waals surface area contributed by atoms with Gasteiger partial charge in [0.25, 0.3) is 5.91 Å². The van der Waals surface area contributed by atoms with E-state index in [1.165, 1.54) is 18.2 Å². The number of carbonyl (C=O) groups is 2. The molecule has 1 fully saturated rings. The Balaban J connectivity index is 2.01. The molecule has 3 N–H and O–H groups in total. The lowest BCUT2D eigenvalue weighted by molar-refractivity contribution is -0.133. The van der Waals surface area contributed by atoms with Crippen molar-refractivity contribution in [3.05, 3.63) is 23.8 Å². The van der Waals surface area contributed by atoms with Gasteiger partial charge in [0, 0.05) is 13.1 Å². The topological polar surface area (TPSA) is 89.9 Å². The molecule has 21 heavy (non-hydrogen) atoms. The van der Waals surface area contributed by atoms with Gasteiger partial charge in [-0.1, -0.05) is 0 Å². The number of phenols is 2. The molecule has 1 saturated heterocycles. The number of hydrogen-bond donors (Lipinski definition) is 3. The summed E-state index contributed by atoms with van der Waals surface area (Å²) in [6.07, 6.45) is 3.10. The summed E-state index contributed by atoms with van der Waals surface area (Å²) >= 11 is 0. The molecule has 1 aromatic carbocycles. The van der Waals surface area contributed by atoms with Gasteiger partial charge in [-0.25, -0.2) is 0 Å². The Hall–Kier alpha value is -2.24. The molecule has 114 valence electrons. The van der Waals surface area contributed by atoms with E-state index in [0.29, 0.717) is 0 Å². The first kappa shape index (κ1) is 15.2. The van der Waals surface area contributed by atoms with Crippen LogP contribution in [-0.2, 0) is 4.79 Å². The van der Waals surface area contributed by atoms with Crippen molar-refractivity contribution in [3.63, 3.8) is 0 Å². The Morgan fingerprint density at radius 2 is 1.86 bits per heavy atom. The van der Waals surface area contributed by atoms with Gasteiger partial charge < -0.3 is 20.4 Å². The molecule has 1 aromatic rings. The maximum Gasteiger partial charge on any atom is 0.255 e. The minimum Gasteiger partial charge on any atom is -0.508 e. The monoisotopic (exact) mass is 292 g/mol. The Morgan fingerprint density at radius 1 is 1.19 bits per heavy atom. The van der Waals surface area contributed by atoms with E-state index in [2.05, 4.69) is 5.32 Å². The van der Waals surface area contributed by atoms with Crippen LogP contribution in [0.25, 0.3) is 0 Å². The second-order valence-corrected chi connectivity index (χ2v) is 5.28. The summed E-state index contributed by atoms with van der Waals surface area (Å²) in [4.78, 5) is 26.0. The normalized spacial score (nSPS) is 16.3. The number of aromatic hydroxyl groups is 2. The molecule has 1 aliphatic heterocycles. The molecule has 2 amide bonds. The van der Waals surface area contributed by atoms with Crippen LogP contribution in [0, 0.1) is 0 Å². The Kier molecular flexibility index (Phi) is 4.67. The van der Waals surface area contributed by atoms with E-state index >= 15 is 0 Å². The minimum absolute atomic E-state index is 0.0479. The number of nitrogens with zero attached hydrogens (tertiary/aromatic N) is 1. The van der Waals surface area contributed by atoms with E-state index in [0.717, 1.165) is 32.4 Å². The SMILES string of the molecule is CC(NC(=O)c1cc(O)ccc1O)C(=O)N1CCCCC1. The summed E-state index contributed by atoms with van der Waals surface area (Å²) in [5.41, 5.74) is -0.0479. The zero-order valence-corrected chi connectivity index (χ0v) is 12.0. The van der Waals surface area contributed by atoms with Crippen molar-refractivity contribution in [2.45, 2.75) is 32.2 Å². The van der Waals surface area contributed by atoms with Crippen LogP contribution in [0.2, 0.25) is 0 Å². The highest BCUT2D eigenvalue weighted by Gasteiger charge is 2.24. The fourth-order valence-corrected chi connectivity index (χ4v) is 2.43. The highest BCUT2D eigenvalue weighted by molar-refractivity contribution is 5.99. The number of nitrogens with one attached hydrogen (secondary N) is 1. The largest absolute Gasteiger partial charge is 0.508 e. The van der Waals surface area contributed by atoms with Crippen LogP contribution >= 0.6 is 0 Å². The van der Waals surface area contributed by atoms with Gasteiger partial charge >= 0.3 is 0 Å². The fourth-order valence-electron chi connectivity index (χ4n) is 2.43. The molecule has 0 saturated carbocycles. The standard InChI is InChI=1S/C15H20N2O4/c1-10(15(21)17-7-3-2-4-8-17)16-14(20)12-9-11(18)5-6-13(12)19/h5-6,9-10,18-19H,2-4,7-8H2,1H3,(H,16,20). The molecule has 0 aliphatic carbocycles. The van der Waals surface area contributed by atoms with Crippen LogP contribution in [0.1, 0.15) is 36.5 Å². The molecule has 0 radical (unpaired) electrons. The molecule has 1 heterocycles. The van der Waals surface area contributed by atoms with Crippen LogP contribution in [0.4, 0.5) is 0 Å². The number of amides is 2. The van der Waals surface area contributed by atoms with Gasteiger partial charge in [0.1, 0.15) is 17.5 Å². The summed E-state index contributed by atoms with van der Waals surface area (Å²) in [7, 11) is 0. The number of phenolic OH excluding ortho intramolecular Hbond substituents is 2. The highest BCUT2D eigenvalue weighted by Crippen LogP contribution is 2.22. The predicted octanol–water partition coefficient (Wildman–Crippen LogP) is 1.23. The Morgan fingerprint density at radius 3 is 2.52 bits per heavy atom. The molecular weight excluding hydrogens is 272 g/mol. The molecule has 6 nitrogen and oxygen atoms in total. The van der Waals surface area contributed by atoms with Crippen molar-refractivity contribution < 1.29 is 19.8 Å². The minimum atomic E-state index is -0.669. The van der Waals surface area contributed by atoms with Crippen molar-refractivity contribution in [1.82, 2.24) is 10.2 Å². The zero-order chi connectivity index (χ0) is 15.4. The predicted molar refractivity (Wildman–Crippen MR) is 77.1 cm³/mol. The van der Waals surface area contributed by atoms with Crippen LogP contribution in [-0.4, -0.2) is 46.1 Å². The molecule has 1 atom stereocenters. The zero-order valence-electron chi connectivity index (χ0n) is 12.0. The van der Waals surface area contributed by atoms with Crippen LogP contribution in [0.15, 0.2) is 18.2 Å². The number of piperidine rings is 1. The molecule has 0 bridgehead atoms. The lowest BCUT2D eigenvalue weighted by Crippen LogP contribution is -2.48. The van der Waals surface area contributed by atoms with Gasteiger partial charge in [0.2, 0.25) is 5.91 Å². The third-order valence-corrected chi connectivity index (χ3v) is 3.61. The smallest absolute Gasteiger partial charge is 0.255 e. The van der Waals surface area contributed by atoms with Gasteiger partial charge in [0.15, 0.2) is 0 Å². The maximum absolute atomic E-state index is 12.2. The second-order valence-electron chi connectivity index (χ2n) is 5.28. The van der Waals surface area contributed by atoms with E-state index in [-0.39, 0.29) is 23.0 Å². The highest BCUT2D eigenvalue weighted by atomic mass is 16.3. The summed E-state index contributed by atoms with van der Waals surface area (Å²) in [6, 6.07) is 3.02. The first-order chi connectivity index (χ1) is 9.99. The van der Waals surface area contributed by atoms with Crippen molar-refractivity contribution in [3.8, 4) is 11.5 Å². The van der Waals surface area contributed by atoms with E-state index < -0.39 is 11.9 Å². The molecule has 0 spiro atoms. The fraction of sp³-hybridized carbons (Fsp3) is 0.467. The first-order valence-electron chi connectivity index (χ1n) is 7.10. The van der Waals surface area contributed by atoms with E-state index in [1.54, 1.807) is 11.8 Å². The van der Waals surface area contributed by atoms with E-state index in [9.17, 15) is 19.8 Å². The molecular formula is C15H20N2O4. The average Bonchev–Trinajstić information content (AvgIpc) is 2.49. The summed E-state index contributed by atoms with van der Waals surface area (Å²) in [5.74, 6) is -1.06. The number of likely N-dealkylation sites (tertiary alicyclic amines) is 1. The number of rotatable bonds is 3. The summed E-state index contributed by atoms with van der Waals surface area (Å²) in [5, 5.41) is 21.6. The van der Waals surface area contributed by atoms with Crippen molar-refractivity contribution in [2.75, 3.05) is 13.1 Å². The Labute approximate surface area is 123 Å². The third kappa shape index (κ3) is 3.65. The Bertz CT molecular complexity index is 538.